The van der Waals surface area contributed by atoms with Crippen LogP contribution in [-0.4, -0.2) is 72.0 Å². The van der Waals surface area contributed by atoms with Gasteiger partial charge >= 0.3 is 53.7 Å². The zero-order chi connectivity index (χ0) is 44.0. The van der Waals surface area contributed by atoms with Crippen molar-refractivity contribution < 1.29 is 99.5 Å². The summed E-state index contributed by atoms with van der Waals surface area (Å²) < 4.78 is 221. The summed E-state index contributed by atoms with van der Waals surface area (Å²) in [6.45, 7) is -0.452. The highest BCUT2D eigenvalue weighted by Crippen LogP contribution is 2.62. The van der Waals surface area contributed by atoms with E-state index >= 15 is 0 Å². The lowest BCUT2D eigenvalue weighted by atomic mass is 9.91. The molecule has 322 valence electrons. The van der Waals surface area contributed by atoms with Crippen LogP contribution in [0.2, 0.25) is 0 Å². The highest BCUT2D eigenvalue weighted by atomic mass is 19.4. The number of alkyl halides is 15. The first kappa shape index (κ1) is 47.3. The number of phenolic OH excluding ortho intramolecular Hbond substituents is 1. The third-order valence-electron chi connectivity index (χ3n) is 8.10. The molecule has 0 spiro atoms. The molecule has 22 heteroatoms. The molecule has 58 heavy (non-hydrogen) atoms. The molecular weight excluding hydrogens is 829 g/mol. The van der Waals surface area contributed by atoms with E-state index in [2.05, 4.69) is 11.7 Å². The molecule has 0 unspecified atom stereocenters. The molecule has 0 aliphatic heterocycles. The number of carbonyl (C=O) groups excluding carboxylic acids is 2. The Morgan fingerprint density at radius 1 is 0.517 bits per heavy atom. The Bertz CT molecular complexity index is 1850. The van der Waals surface area contributed by atoms with E-state index < -0.39 is 83.1 Å². The van der Waals surface area contributed by atoms with Crippen molar-refractivity contribution in [1.82, 2.24) is 0 Å². The Morgan fingerprint density at radius 2 is 0.966 bits per heavy atom. The monoisotopic (exact) mass is 860 g/mol. The van der Waals surface area contributed by atoms with Crippen molar-refractivity contribution in [2.45, 2.75) is 87.2 Å². The second-order valence-electron chi connectivity index (χ2n) is 12.4. The molecule has 0 amide bonds. The van der Waals surface area contributed by atoms with Gasteiger partial charge in [-0.15, -0.1) is 0 Å². The quantitative estimate of drug-likeness (QED) is 0.0524. The number of hydrogen-bond acceptors (Lipinski definition) is 7. The lowest BCUT2D eigenvalue weighted by molar-refractivity contribution is -0.453. The van der Waals surface area contributed by atoms with Crippen LogP contribution in [0.1, 0.15) is 66.2 Å². The Morgan fingerprint density at radius 3 is 1.52 bits per heavy atom. The summed E-state index contributed by atoms with van der Waals surface area (Å²) in [5.74, 6) is -51.6. The minimum Gasteiger partial charge on any atom is -0.507 e. The zero-order valence-corrected chi connectivity index (χ0v) is 29.6. The van der Waals surface area contributed by atoms with E-state index in [1.807, 2.05) is 0 Å². The predicted octanol–water partition coefficient (Wildman–Crippen LogP) is 11.3. The van der Waals surface area contributed by atoms with Crippen molar-refractivity contribution >= 4 is 11.9 Å². The van der Waals surface area contributed by atoms with Gasteiger partial charge in [-0.1, -0.05) is 39.0 Å². The van der Waals surface area contributed by atoms with Gasteiger partial charge in [-0.3, -0.25) is 0 Å². The van der Waals surface area contributed by atoms with Gasteiger partial charge in [0.2, 0.25) is 0 Å². The fourth-order valence-electron chi connectivity index (χ4n) is 4.70. The molecule has 0 saturated carbocycles. The van der Waals surface area contributed by atoms with Gasteiger partial charge in [0, 0.05) is 6.07 Å². The third-order valence-corrected chi connectivity index (χ3v) is 8.10. The normalized spacial score (nSPS) is 13.2. The van der Waals surface area contributed by atoms with Gasteiger partial charge in [0.05, 0.1) is 12.2 Å². The summed E-state index contributed by atoms with van der Waals surface area (Å²) in [4.78, 5) is 25.1. The van der Waals surface area contributed by atoms with Crippen molar-refractivity contribution in [2.75, 3.05) is 13.2 Å². The fourth-order valence-corrected chi connectivity index (χ4v) is 4.70. The number of hydrogen-bond donors (Lipinski definition) is 1. The van der Waals surface area contributed by atoms with Crippen LogP contribution >= 0.6 is 0 Å². The molecule has 0 bridgehead atoms. The number of unbranched alkanes of at least 4 members (excludes halogenated alkanes) is 5. The largest absolute Gasteiger partial charge is 0.507 e. The van der Waals surface area contributed by atoms with Gasteiger partial charge in [-0.05, 0) is 67.1 Å². The molecule has 0 aromatic heterocycles. The lowest BCUT2D eigenvalue weighted by Crippen LogP contribution is -2.73. The van der Waals surface area contributed by atoms with Crippen LogP contribution in [0.25, 0.3) is 0 Å². The van der Waals surface area contributed by atoms with Gasteiger partial charge in [0.25, 0.3) is 0 Å². The Labute approximate surface area is 318 Å². The standard InChI is InChI=1S/C36H31F15O7/c1-2-3-4-5-6-7-18-55-22-10-8-21(9-11-22)28(53)58-25-16-17-26(27(52)19-25)29(54)57-24-14-12-23(13-15-24)56-20-30(37,38)31(39,40)32(41,42)33(43,44)34(45,46)35(47,48)36(49,50)51/h8-17,19,52H,2-7,18,20H2,1H3. The zero-order valence-electron chi connectivity index (χ0n) is 29.6. The first-order valence-corrected chi connectivity index (χ1v) is 16.7. The Balaban J connectivity index is 1.59. The van der Waals surface area contributed by atoms with Crippen molar-refractivity contribution in [1.29, 1.82) is 0 Å². The molecule has 3 rings (SSSR count). The SMILES string of the molecule is CCCCCCCCOc1ccc(C(=O)Oc2ccc(C(=O)Oc3ccc(OCC(F)(F)C(F)(F)C(F)(F)C(F)(F)C(F)(F)C(F)(F)C(F)(F)F)cc3)c(O)c2)cc1. The number of halogens is 15. The summed E-state index contributed by atoms with van der Waals surface area (Å²) >= 11 is 0. The maximum atomic E-state index is 14.1. The van der Waals surface area contributed by atoms with Crippen LogP contribution < -0.4 is 18.9 Å². The average molecular weight is 861 g/mol. The molecule has 3 aromatic rings. The first-order chi connectivity index (χ1) is 26.6. The number of benzene rings is 3. The van der Waals surface area contributed by atoms with Crippen molar-refractivity contribution in [3.8, 4) is 28.7 Å². The van der Waals surface area contributed by atoms with Gasteiger partial charge in [-0.2, -0.15) is 65.9 Å². The minimum atomic E-state index is -8.42. The van der Waals surface area contributed by atoms with Gasteiger partial charge < -0.3 is 24.1 Å². The summed E-state index contributed by atoms with van der Waals surface area (Å²) in [6, 6.07) is 11.3. The smallest absolute Gasteiger partial charge is 0.460 e. The fraction of sp³-hybridized carbons (Fsp3) is 0.444. The number of rotatable bonds is 20. The summed E-state index contributed by atoms with van der Waals surface area (Å²) in [6.07, 6.45) is -1.27. The predicted molar refractivity (Wildman–Crippen MR) is 171 cm³/mol. The van der Waals surface area contributed by atoms with E-state index in [4.69, 9.17) is 14.2 Å². The maximum absolute atomic E-state index is 14.1. The van der Waals surface area contributed by atoms with Crippen molar-refractivity contribution in [3.63, 3.8) is 0 Å². The van der Waals surface area contributed by atoms with E-state index in [-0.39, 0.29) is 11.3 Å². The van der Waals surface area contributed by atoms with Crippen LogP contribution in [0, 0.1) is 0 Å². The molecule has 0 aliphatic rings. The van der Waals surface area contributed by atoms with Gasteiger partial charge in [-0.25, -0.2) is 9.59 Å². The third kappa shape index (κ3) is 9.96. The number of ether oxygens (including phenoxy) is 4. The Hall–Kier alpha value is -5.05. The molecule has 0 heterocycles. The first-order valence-electron chi connectivity index (χ1n) is 16.7. The van der Waals surface area contributed by atoms with E-state index in [1.165, 1.54) is 18.6 Å². The molecule has 3 aromatic carbocycles. The molecule has 0 atom stereocenters. The number of phenols is 1. The topological polar surface area (TPSA) is 91.3 Å². The molecule has 0 fully saturated rings. The second-order valence-corrected chi connectivity index (χ2v) is 12.4. The molecule has 1 N–H and O–H groups in total. The van der Waals surface area contributed by atoms with E-state index in [0.29, 0.717) is 36.6 Å². The molecule has 0 saturated heterocycles. The highest BCUT2D eigenvalue weighted by Gasteiger charge is 2.93. The van der Waals surface area contributed by atoms with Gasteiger partial charge in [0.1, 0.15) is 34.3 Å². The second kappa shape index (κ2) is 17.8. The molecule has 0 aliphatic carbocycles. The minimum absolute atomic E-state index is 0.107. The van der Waals surface area contributed by atoms with Crippen LogP contribution in [0.5, 0.6) is 28.7 Å². The molecule has 0 radical (unpaired) electrons. The summed E-state index contributed by atoms with van der Waals surface area (Å²) in [7, 11) is 0. The summed E-state index contributed by atoms with van der Waals surface area (Å²) in [5, 5.41) is 10.3. The lowest BCUT2D eigenvalue weighted by Gasteiger charge is -2.41. The highest BCUT2D eigenvalue weighted by molar-refractivity contribution is 5.95. The molecular formula is C36H31F15O7. The van der Waals surface area contributed by atoms with E-state index in [9.17, 15) is 80.6 Å². The number of esters is 2. The maximum Gasteiger partial charge on any atom is 0.460 e. The van der Waals surface area contributed by atoms with Crippen molar-refractivity contribution in [3.05, 3.63) is 77.9 Å². The molecule has 7 nitrogen and oxygen atoms in total. The van der Waals surface area contributed by atoms with E-state index in [0.717, 1.165) is 50.3 Å². The van der Waals surface area contributed by atoms with Crippen LogP contribution in [0.3, 0.4) is 0 Å². The van der Waals surface area contributed by atoms with E-state index in [1.54, 1.807) is 12.1 Å². The number of carbonyl (C=O) groups is 2. The van der Waals surface area contributed by atoms with Crippen LogP contribution in [0.15, 0.2) is 66.7 Å². The summed E-state index contributed by atoms with van der Waals surface area (Å²) in [5.41, 5.74) is -0.429. The van der Waals surface area contributed by atoms with Crippen LogP contribution in [0.4, 0.5) is 65.9 Å². The number of aromatic hydroxyl groups is 1. The Kier molecular flexibility index (Phi) is 14.6. The average Bonchev–Trinajstić information content (AvgIpc) is 3.13. The van der Waals surface area contributed by atoms with Gasteiger partial charge in [0.15, 0.2) is 6.61 Å². The van der Waals surface area contributed by atoms with Crippen molar-refractivity contribution in [2.24, 2.45) is 0 Å². The van der Waals surface area contributed by atoms with Crippen LogP contribution in [-0.2, 0) is 0 Å².